The third kappa shape index (κ3) is 1.72. The van der Waals surface area contributed by atoms with Crippen molar-refractivity contribution >= 4 is 17.3 Å². The standard InChI is InChI=1S/C11H11ClN2O2/c1-6-10(13)11(16-14-6)8-4-3-7(15-2)5-9(8)12/h3-5H,13H2,1-2H3. The second kappa shape index (κ2) is 4.06. The Morgan fingerprint density at radius 1 is 1.44 bits per heavy atom. The highest BCUT2D eigenvalue weighted by Crippen LogP contribution is 2.35. The molecular formula is C11H11ClN2O2. The zero-order chi connectivity index (χ0) is 11.7. The summed E-state index contributed by atoms with van der Waals surface area (Å²) in [6.07, 6.45) is 0. The van der Waals surface area contributed by atoms with Gasteiger partial charge in [0, 0.05) is 5.56 Å². The monoisotopic (exact) mass is 238 g/mol. The minimum absolute atomic E-state index is 0.491. The predicted octanol–water partition coefficient (Wildman–Crippen LogP) is 2.89. The summed E-state index contributed by atoms with van der Waals surface area (Å²) >= 11 is 6.10. The Labute approximate surface area is 97.9 Å². The molecule has 0 unspecified atom stereocenters. The first-order chi connectivity index (χ1) is 7.63. The van der Waals surface area contributed by atoms with Gasteiger partial charge < -0.3 is 15.0 Å². The molecule has 1 aromatic carbocycles. The fourth-order valence-corrected chi connectivity index (χ4v) is 1.63. The summed E-state index contributed by atoms with van der Waals surface area (Å²) in [6, 6.07) is 5.28. The van der Waals surface area contributed by atoms with E-state index >= 15 is 0 Å². The van der Waals surface area contributed by atoms with Crippen LogP contribution in [0.3, 0.4) is 0 Å². The van der Waals surface area contributed by atoms with E-state index in [4.69, 9.17) is 26.6 Å². The van der Waals surface area contributed by atoms with Crippen LogP contribution in [0.4, 0.5) is 5.69 Å². The minimum Gasteiger partial charge on any atom is -0.497 e. The quantitative estimate of drug-likeness (QED) is 0.874. The average molecular weight is 239 g/mol. The van der Waals surface area contributed by atoms with Gasteiger partial charge in [-0.1, -0.05) is 16.8 Å². The zero-order valence-corrected chi connectivity index (χ0v) is 9.71. The normalized spacial score (nSPS) is 10.4. The molecule has 0 aliphatic rings. The predicted molar refractivity (Wildman–Crippen MR) is 62.7 cm³/mol. The van der Waals surface area contributed by atoms with E-state index in [9.17, 15) is 0 Å². The molecule has 0 bridgehead atoms. The fourth-order valence-electron chi connectivity index (χ4n) is 1.38. The Balaban J connectivity index is 2.52. The van der Waals surface area contributed by atoms with Crippen LogP contribution in [0.15, 0.2) is 22.7 Å². The summed E-state index contributed by atoms with van der Waals surface area (Å²) in [5, 5.41) is 4.30. The van der Waals surface area contributed by atoms with Gasteiger partial charge in [-0.15, -0.1) is 0 Å². The Morgan fingerprint density at radius 3 is 2.69 bits per heavy atom. The van der Waals surface area contributed by atoms with Gasteiger partial charge in [0.15, 0.2) is 5.76 Å². The number of methoxy groups -OCH3 is 1. The first kappa shape index (κ1) is 10.8. The van der Waals surface area contributed by atoms with Gasteiger partial charge >= 0.3 is 0 Å². The number of ether oxygens (including phenoxy) is 1. The van der Waals surface area contributed by atoms with Crippen molar-refractivity contribution in [1.29, 1.82) is 0 Å². The molecule has 84 valence electrons. The molecule has 4 nitrogen and oxygen atoms in total. The van der Waals surface area contributed by atoms with Crippen LogP contribution in [0, 0.1) is 6.92 Å². The molecule has 0 spiro atoms. The number of hydrogen-bond acceptors (Lipinski definition) is 4. The Hall–Kier alpha value is -1.68. The first-order valence-electron chi connectivity index (χ1n) is 4.69. The molecule has 0 amide bonds. The zero-order valence-electron chi connectivity index (χ0n) is 8.95. The number of aryl methyl sites for hydroxylation is 1. The number of hydrogen-bond donors (Lipinski definition) is 1. The maximum atomic E-state index is 6.10. The van der Waals surface area contributed by atoms with Crippen molar-refractivity contribution in [2.24, 2.45) is 0 Å². The Kier molecular flexibility index (Phi) is 2.75. The van der Waals surface area contributed by atoms with Crippen LogP contribution in [-0.4, -0.2) is 12.3 Å². The molecule has 5 heteroatoms. The molecule has 0 aliphatic heterocycles. The molecule has 16 heavy (non-hydrogen) atoms. The van der Waals surface area contributed by atoms with E-state index in [1.807, 2.05) is 0 Å². The highest BCUT2D eigenvalue weighted by atomic mass is 35.5. The molecular weight excluding hydrogens is 228 g/mol. The number of nitrogens with zero attached hydrogens (tertiary/aromatic N) is 1. The number of anilines is 1. The van der Waals surface area contributed by atoms with E-state index in [2.05, 4.69) is 5.16 Å². The van der Waals surface area contributed by atoms with Crippen LogP contribution in [-0.2, 0) is 0 Å². The van der Waals surface area contributed by atoms with Crippen LogP contribution in [0.2, 0.25) is 5.02 Å². The number of nitrogens with two attached hydrogens (primary N) is 1. The molecule has 2 N–H and O–H groups in total. The van der Waals surface area contributed by atoms with Crippen LogP contribution < -0.4 is 10.5 Å². The lowest BCUT2D eigenvalue weighted by molar-refractivity contribution is 0.414. The van der Waals surface area contributed by atoms with E-state index in [-0.39, 0.29) is 0 Å². The molecule has 0 fully saturated rings. The maximum absolute atomic E-state index is 6.10. The van der Waals surface area contributed by atoms with Gasteiger partial charge in [-0.05, 0) is 25.1 Å². The molecule has 2 aromatic rings. The molecule has 0 saturated carbocycles. The first-order valence-corrected chi connectivity index (χ1v) is 5.07. The highest BCUT2D eigenvalue weighted by molar-refractivity contribution is 6.33. The molecule has 2 rings (SSSR count). The van der Waals surface area contributed by atoms with Crippen molar-refractivity contribution in [1.82, 2.24) is 5.16 Å². The largest absolute Gasteiger partial charge is 0.497 e. The summed E-state index contributed by atoms with van der Waals surface area (Å²) < 4.78 is 10.2. The van der Waals surface area contributed by atoms with Gasteiger partial charge in [0.1, 0.15) is 17.1 Å². The lowest BCUT2D eigenvalue weighted by Crippen LogP contribution is -1.89. The molecule has 0 atom stereocenters. The van der Waals surface area contributed by atoms with E-state index in [0.717, 1.165) is 0 Å². The van der Waals surface area contributed by atoms with Crippen molar-refractivity contribution in [2.75, 3.05) is 12.8 Å². The minimum atomic E-state index is 0.491. The number of rotatable bonds is 2. The molecule has 0 aliphatic carbocycles. The number of nitrogen functional groups attached to an aromatic ring is 1. The van der Waals surface area contributed by atoms with Crippen molar-refractivity contribution in [3.63, 3.8) is 0 Å². The smallest absolute Gasteiger partial charge is 0.191 e. The highest BCUT2D eigenvalue weighted by Gasteiger charge is 2.15. The average Bonchev–Trinajstić information content (AvgIpc) is 2.60. The van der Waals surface area contributed by atoms with Crippen LogP contribution in [0.5, 0.6) is 5.75 Å². The molecule has 1 heterocycles. The third-order valence-corrected chi connectivity index (χ3v) is 2.64. The summed E-state index contributed by atoms with van der Waals surface area (Å²) in [5.74, 6) is 1.17. The molecule has 1 aromatic heterocycles. The Morgan fingerprint density at radius 2 is 2.19 bits per heavy atom. The number of benzene rings is 1. The lowest BCUT2D eigenvalue weighted by Gasteiger charge is -2.04. The van der Waals surface area contributed by atoms with E-state index in [0.29, 0.717) is 33.5 Å². The Bertz CT molecular complexity index is 523. The number of aromatic nitrogens is 1. The summed E-state index contributed by atoms with van der Waals surface area (Å²) in [7, 11) is 1.58. The van der Waals surface area contributed by atoms with Gasteiger partial charge in [-0.3, -0.25) is 0 Å². The van der Waals surface area contributed by atoms with Gasteiger partial charge in [-0.2, -0.15) is 0 Å². The summed E-state index contributed by atoms with van der Waals surface area (Å²) in [4.78, 5) is 0. The lowest BCUT2D eigenvalue weighted by atomic mass is 10.1. The SMILES string of the molecule is COc1ccc(-c2onc(C)c2N)c(Cl)c1. The van der Waals surface area contributed by atoms with E-state index < -0.39 is 0 Å². The van der Waals surface area contributed by atoms with Crippen LogP contribution in [0.25, 0.3) is 11.3 Å². The third-order valence-electron chi connectivity index (χ3n) is 2.33. The summed E-state index contributed by atoms with van der Waals surface area (Å²) in [5.41, 5.74) is 7.70. The second-order valence-corrected chi connectivity index (χ2v) is 3.76. The second-order valence-electron chi connectivity index (χ2n) is 3.36. The maximum Gasteiger partial charge on any atom is 0.191 e. The van der Waals surface area contributed by atoms with Crippen molar-refractivity contribution < 1.29 is 9.26 Å². The molecule has 0 saturated heterocycles. The summed E-state index contributed by atoms with van der Waals surface area (Å²) in [6.45, 7) is 1.78. The van der Waals surface area contributed by atoms with Gasteiger partial charge in [0.25, 0.3) is 0 Å². The van der Waals surface area contributed by atoms with E-state index in [1.165, 1.54) is 0 Å². The fraction of sp³-hybridized carbons (Fsp3) is 0.182. The van der Waals surface area contributed by atoms with Gasteiger partial charge in [0.05, 0.1) is 12.1 Å². The number of halogens is 1. The van der Waals surface area contributed by atoms with E-state index in [1.54, 1.807) is 32.2 Å². The topological polar surface area (TPSA) is 61.3 Å². The van der Waals surface area contributed by atoms with Crippen LogP contribution >= 0.6 is 11.6 Å². The van der Waals surface area contributed by atoms with Gasteiger partial charge in [0.2, 0.25) is 0 Å². The van der Waals surface area contributed by atoms with Crippen LogP contribution in [0.1, 0.15) is 5.69 Å². The van der Waals surface area contributed by atoms with Crippen molar-refractivity contribution in [3.05, 3.63) is 28.9 Å². The van der Waals surface area contributed by atoms with Crippen molar-refractivity contribution in [3.8, 4) is 17.1 Å². The molecule has 0 radical (unpaired) electrons. The van der Waals surface area contributed by atoms with Gasteiger partial charge in [-0.25, -0.2) is 0 Å². The van der Waals surface area contributed by atoms with Crippen molar-refractivity contribution in [2.45, 2.75) is 6.92 Å².